The minimum atomic E-state index is -3.75. The van der Waals surface area contributed by atoms with Gasteiger partial charge in [0.05, 0.1) is 11.3 Å². The van der Waals surface area contributed by atoms with E-state index in [4.69, 9.17) is 5.11 Å². The number of sulfonamides is 1. The van der Waals surface area contributed by atoms with E-state index in [1.807, 2.05) is 0 Å². The Balaban J connectivity index is 2.51. The number of carbonyl (C=O) groups is 2. The van der Waals surface area contributed by atoms with E-state index in [9.17, 15) is 18.0 Å². The van der Waals surface area contributed by atoms with Crippen molar-refractivity contribution in [3.63, 3.8) is 0 Å². The quantitative estimate of drug-likeness (QED) is 0.877. The Hall–Kier alpha value is -1.41. The Labute approximate surface area is 118 Å². The summed E-state index contributed by atoms with van der Waals surface area (Å²) in [5.74, 6) is -1.68. The maximum atomic E-state index is 12.0. The number of carbonyl (C=O) groups excluding carboxylic acids is 1. The van der Waals surface area contributed by atoms with Crippen molar-refractivity contribution < 1.29 is 23.1 Å². The first kappa shape index (κ1) is 14.0. The van der Waals surface area contributed by atoms with Crippen LogP contribution in [-0.4, -0.2) is 30.1 Å². The summed E-state index contributed by atoms with van der Waals surface area (Å²) in [4.78, 5) is 22.7. The fourth-order valence-electron chi connectivity index (χ4n) is 1.70. The number of carboxylic acid groups (broad SMARTS) is 1. The van der Waals surface area contributed by atoms with Gasteiger partial charge >= 0.3 is 5.97 Å². The molecule has 1 N–H and O–H groups in total. The van der Waals surface area contributed by atoms with E-state index in [-0.39, 0.29) is 15.7 Å². The lowest BCUT2D eigenvalue weighted by Gasteiger charge is -2.43. The Bertz CT molecular complexity index is 695. The molecule has 1 heterocycles. The van der Waals surface area contributed by atoms with Crippen molar-refractivity contribution >= 4 is 43.5 Å². The lowest BCUT2D eigenvalue weighted by atomic mass is 10.1. The molecule has 1 aromatic rings. The van der Waals surface area contributed by atoms with Crippen LogP contribution in [0.2, 0.25) is 0 Å². The number of halogens is 1. The summed E-state index contributed by atoms with van der Waals surface area (Å²) in [5.41, 5.74) is 0.120. The van der Waals surface area contributed by atoms with Gasteiger partial charge in [0, 0.05) is 4.47 Å². The number of anilines is 1. The van der Waals surface area contributed by atoms with Crippen LogP contribution in [0.5, 0.6) is 0 Å². The van der Waals surface area contributed by atoms with E-state index in [0.717, 1.165) is 0 Å². The lowest BCUT2D eigenvalue weighted by Crippen LogP contribution is -2.67. The van der Waals surface area contributed by atoms with Gasteiger partial charge in [0.2, 0.25) is 0 Å². The van der Waals surface area contributed by atoms with Gasteiger partial charge in [-0.15, -0.1) is 0 Å². The minimum absolute atomic E-state index is 0.000237. The van der Waals surface area contributed by atoms with Crippen molar-refractivity contribution in [2.75, 3.05) is 4.31 Å². The zero-order valence-corrected chi connectivity index (χ0v) is 12.4. The third-order valence-electron chi connectivity index (χ3n) is 3.00. The van der Waals surface area contributed by atoms with Crippen molar-refractivity contribution in [1.29, 1.82) is 0 Å². The first-order valence-corrected chi connectivity index (χ1v) is 7.46. The summed E-state index contributed by atoms with van der Waals surface area (Å²) in [6.45, 7) is 2.67. The predicted octanol–water partition coefficient (Wildman–Crippen LogP) is 1.60. The third kappa shape index (κ3) is 1.78. The average Bonchev–Trinajstić information content (AvgIpc) is 2.30. The second-order valence-electron chi connectivity index (χ2n) is 4.56. The molecule has 1 aliphatic rings. The summed E-state index contributed by atoms with van der Waals surface area (Å²) in [5, 5.41) is 8.83. The highest BCUT2D eigenvalue weighted by atomic mass is 79.9. The Morgan fingerprint density at radius 3 is 2.37 bits per heavy atom. The van der Waals surface area contributed by atoms with Gasteiger partial charge in [0.25, 0.3) is 15.9 Å². The Morgan fingerprint density at radius 1 is 1.37 bits per heavy atom. The van der Waals surface area contributed by atoms with E-state index in [0.29, 0.717) is 4.31 Å². The highest BCUT2D eigenvalue weighted by Crippen LogP contribution is 2.42. The number of hydrogen-bond acceptors (Lipinski definition) is 4. The molecule has 6 nitrogen and oxygen atoms in total. The van der Waals surface area contributed by atoms with Crippen LogP contribution >= 0.6 is 15.9 Å². The van der Waals surface area contributed by atoms with Gasteiger partial charge in [0.15, 0.2) is 4.75 Å². The molecule has 8 heteroatoms. The first-order valence-electron chi connectivity index (χ1n) is 5.23. The molecule has 0 aliphatic carbocycles. The minimum Gasteiger partial charge on any atom is -0.478 e. The molecule has 1 aromatic carbocycles. The smallest absolute Gasteiger partial charge is 0.335 e. The van der Waals surface area contributed by atoms with Crippen molar-refractivity contribution in [3.05, 3.63) is 28.2 Å². The van der Waals surface area contributed by atoms with Crippen LogP contribution in [0, 0.1) is 0 Å². The molecule has 0 bridgehead atoms. The maximum Gasteiger partial charge on any atom is 0.335 e. The van der Waals surface area contributed by atoms with E-state index >= 15 is 0 Å². The average molecular weight is 348 g/mol. The molecule has 1 aliphatic heterocycles. The number of hydrogen-bond donors (Lipinski definition) is 1. The largest absolute Gasteiger partial charge is 0.478 e. The summed E-state index contributed by atoms with van der Waals surface area (Å²) in [6.07, 6.45) is 0. The summed E-state index contributed by atoms with van der Waals surface area (Å²) in [6, 6.07) is 3.79. The molecule has 0 unspecified atom stereocenters. The van der Waals surface area contributed by atoms with Crippen LogP contribution in [0.25, 0.3) is 0 Å². The zero-order valence-electron chi connectivity index (χ0n) is 10.0. The molecule has 1 saturated heterocycles. The zero-order chi connectivity index (χ0) is 14.6. The number of aromatic carboxylic acids is 1. The molecule has 0 aromatic heterocycles. The van der Waals surface area contributed by atoms with Gasteiger partial charge < -0.3 is 5.11 Å². The highest BCUT2D eigenvalue weighted by molar-refractivity contribution is 9.10. The normalized spacial score (nSPS) is 19.9. The predicted molar refractivity (Wildman–Crippen MR) is 71.6 cm³/mol. The summed E-state index contributed by atoms with van der Waals surface area (Å²) >= 11 is 3.09. The maximum absolute atomic E-state index is 12.0. The second-order valence-corrected chi connectivity index (χ2v) is 7.75. The topological polar surface area (TPSA) is 91.8 Å². The molecular weight excluding hydrogens is 338 g/mol. The van der Waals surface area contributed by atoms with Crippen molar-refractivity contribution in [2.24, 2.45) is 0 Å². The fraction of sp³-hybridized carbons (Fsp3) is 0.273. The number of rotatable bonds is 2. The molecule has 0 atom stereocenters. The molecular formula is C11H10BrNO5S. The van der Waals surface area contributed by atoms with Crippen molar-refractivity contribution in [3.8, 4) is 0 Å². The lowest BCUT2D eigenvalue weighted by molar-refractivity contribution is -0.120. The van der Waals surface area contributed by atoms with E-state index < -0.39 is 26.6 Å². The Morgan fingerprint density at radius 2 is 1.95 bits per heavy atom. The first-order chi connectivity index (χ1) is 8.60. The highest BCUT2D eigenvalue weighted by Gasteiger charge is 2.61. The van der Waals surface area contributed by atoms with Gasteiger partial charge in [0.1, 0.15) is 0 Å². The monoisotopic (exact) mass is 347 g/mol. The van der Waals surface area contributed by atoms with Crippen LogP contribution in [0.1, 0.15) is 24.2 Å². The van der Waals surface area contributed by atoms with Crippen LogP contribution in [0.4, 0.5) is 5.69 Å². The SMILES string of the molecule is CC1(C)C(=O)N(c2ccc(C(=O)O)cc2Br)S1(=O)=O. The molecule has 0 spiro atoms. The molecule has 1 fully saturated rings. The molecule has 0 radical (unpaired) electrons. The molecule has 2 rings (SSSR count). The molecule has 1 amide bonds. The van der Waals surface area contributed by atoms with Crippen LogP contribution in [0.15, 0.2) is 22.7 Å². The third-order valence-corrected chi connectivity index (χ3v) is 5.94. The molecule has 0 saturated carbocycles. The van der Waals surface area contributed by atoms with E-state index in [2.05, 4.69) is 15.9 Å². The van der Waals surface area contributed by atoms with Crippen LogP contribution in [0.3, 0.4) is 0 Å². The molecule has 102 valence electrons. The van der Waals surface area contributed by atoms with Crippen LogP contribution < -0.4 is 4.31 Å². The fourth-order valence-corrected chi connectivity index (χ4v) is 3.87. The summed E-state index contributed by atoms with van der Waals surface area (Å²) < 4.78 is 23.5. The van der Waals surface area contributed by atoms with Crippen molar-refractivity contribution in [1.82, 2.24) is 0 Å². The Kier molecular flexibility index (Phi) is 2.98. The standard InChI is InChI=1S/C11H10BrNO5S/c1-11(2)10(16)13(19(11,17)18)8-4-3-6(9(14)15)5-7(8)12/h3-5H,1-2H3,(H,14,15). The molecule has 19 heavy (non-hydrogen) atoms. The number of nitrogens with zero attached hydrogens (tertiary/aromatic N) is 1. The van der Waals surface area contributed by atoms with Gasteiger partial charge in [-0.1, -0.05) is 0 Å². The second kappa shape index (κ2) is 4.04. The van der Waals surface area contributed by atoms with Gasteiger partial charge in [-0.25, -0.2) is 17.5 Å². The van der Waals surface area contributed by atoms with Crippen molar-refractivity contribution in [2.45, 2.75) is 18.6 Å². The van der Waals surface area contributed by atoms with Crippen LogP contribution in [-0.2, 0) is 14.8 Å². The van der Waals surface area contributed by atoms with Gasteiger partial charge in [-0.3, -0.25) is 4.79 Å². The van der Waals surface area contributed by atoms with E-state index in [1.54, 1.807) is 0 Å². The number of carboxylic acids is 1. The number of amides is 1. The number of benzene rings is 1. The van der Waals surface area contributed by atoms with Gasteiger partial charge in [-0.05, 0) is 48.0 Å². The van der Waals surface area contributed by atoms with Gasteiger partial charge in [-0.2, -0.15) is 0 Å². The summed E-state index contributed by atoms with van der Waals surface area (Å²) in [7, 11) is -3.75. The van der Waals surface area contributed by atoms with E-state index in [1.165, 1.54) is 32.0 Å².